The predicted octanol–water partition coefficient (Wildman–Crippen LogP) is 10.5. The van der Waals surface area contributed by atoms with E-state index < -0.39 is 28.2 Å². The highest BCUT2D eigenvalue weighted by Gasteiger charge is 2.72. The first-order chi connectivity index (χ1) is 27.1. The van der Waals surface area contributed by atoms with Gasteiger partial charge in [-0.3, -0.25) is 24.2 Å². The van der Waals surface area contributed by atoms with Crippen molar-refractivity contribution in [2.24, 2.45) is 67.1 Å². The van der Waals surface area contributed by atoms with Crippen LogP contribution in [0.2, 0.25) is 0 Å². The van der Waals surface area contributed by atoms with Crippen LogP contribution in [0.15, 0.2) is 4.99 Å². The van der Waals surface area contributed by atoms with Gasteiger partial charge in [-0.05, 0) is 165 Å². The second-order valence-corrected chi connectivity index (χ2v) is 22.4. The number of ether oxygens (including phenoxy) is 2. The Morgan fingerprint density at radius 1 is 0.810 bits per heavy atom. The SMILES string of the molecule is CCOC(=O)C1(CC)CCN(C(=O)C23CCCC2C2(N=C(C)C)CCC4C5(C)CCC(OC(=O)CC(C)(C)C(=O)O)C(C)(CCC(C)C)C5CCC4(C)C2CC3)CC1. The average Bonchev–Trinajstić information content (AvgIpc) is 3.61. The molecule has 58 heavy (non-hydrogen) atoms. The van der Waals surface area contributed by atoms with Crippen LogP contribution in [0.1, 0.15) is 185 Å². The van der Waals surface area contributed by atoms with Crippen molar-refractivity contribution in [3.8, 4) is 0 Å². The van der Waals surface area contributed by atoms with Crippen LogP contribution in [0.4, 0.5) is 0 Å². The molecule has 9 nitrogen and oxygen atoms in total. The van der Waals surface area contributed by atoms with E-state index in [1.54, 1.807) is 13.8 Å². The number of carbonyl (C=O) groups is 4. The second-order valence-electron chi connectivity index (χ2n) is 22.4. The van der Waals surface area contributed by atoms with E-state index in [2.05, 4.69) is 60.3 Å². The zero-order valence-electron chi connectivity index (χ0n) is 38.4. The zero-order valence-corrected chi connectivity index (χ0v) is 38.4. The van der Waals surface area contributed by atoms with Crippen molar-refractivity contribution in [1.29, 1.82) is 0 Å². The summed E-state index contributed by atoms with van der Waals surface area (Å²) in [5.74, 6) is 0.885. The maximum atomic E-state index is 15.1. The number of hydrogen-bond donors (Lipinski definition) is 1. The molecular formula is C49H80N2O7. The topological polar surface area (TPSA) is 123 Å². The fourth-order valence-electron chi connectivity index (χ4n) is 15.3. The van der Waals surface area contributed by atoms with Gasteiger partial charge in [0.05, 0.1) is 34.8 Å². The number of aliphatic imine (C=N–C) groups is 1. The lowest BCUT2D eigenvalue weighted by Gasteiger charge is -2.71. The zero-order chi connectivity index (χ0) is 42.7. The van der Waals surface area contributed by atoms with Crippen LogP contribution in [-0.2, 0) is 28.7 Å². The number of fused-ring (bicyclic) bond motifs is 7. The fourth-order valence-corrected chi connectivity index (χ4v) is 15.3. The Bertz CT molecular complexity index is 1610. The Hall–Kier alpha value is -2.45. The Morgan fingerprint density at radius 3 is 2.03 bits per heavy atom. The molecule has 0 spiro atoms. The van der Waals surface area contributed by atoms with Crippen molar-refractivity contribution in [3.63, 3.8) is 0 Å². The number of carbonyl (C=O) groups excluding carboxylic acids is 3. The molecule has 5 saturated carbocycles. The van der Waals surface area contributed by atoms with E-state index in [1.165, 1.54) is 0 Å². The van der Waals surface area contributed by atoms with Crippen LogP contribution < -0.4 is 0 Å². The number of carboxylic acid groups (broad SMARTS) is 1. The molecule has 6 rings (SSSR count). The van der Waals surface area contributed by atoms with E-state index in [0.717, 1.165) is 95.6 Å². The molecular weight excluding hydrogens is 729 g/mol. The number of likely N-dealkylation sites (tertiary alicyclic amines) is 1. The first-order valence-corrected chi connectivity index (χ1v) is 23.5. The summed E-state index contributed by atoms with van der Waals surface area (Å²) in [4.78, 5) is 61.6. The summed E-state index contributed by atoms with van der Waals surface area (Å²) in [6.07, 6.45) is 14.9. The van der Waals surface area contributed by atoms with E-state index in [1.807, 2.05) is 6.92 Å². The molecule has 0 aromatic rings. The standard InChI is InChI=1S/C49H80N2O7/c1-12-47(42(56)57-13-2)27-29-51(30-28-47)40(53)48-21-14-15-37(48)49(50-33(5)6)26-19-34-44(9)24-20-38(58-39(52)31-43(7,8)41(54)55)46(11,22-16-32(3)4)35(44)17-23-45(34,10)36(49)18-25-48/h32,34-38H,12-31H2,1-11H3,(H,54,55). The fraction of sp³-hybridized carbons (Fsp3) is 0.898. The maximum absolute atomic E-state index is 15.1. The van der Waals surface area contributed by atoms with Gasteiger partial charge in [-0.25, -0.2) is 0 Å². The van der Waals surface area contributed by atoms with Crippen LogP contribution in [0, 0.1) is 62.1 Å². The number of carboxylic acids is 1. The monoisotopic (exact) mass is 809 g/mol. The van der Waals surface area contributed by atoms with Gasteiger partial charge < -0.3 is 19.5 Å². The summed E-state index contributed by atoms with van der Waals surface area (Å²) in [5.41, 5.74) is -1.28. The van der Waals surface area contributed by atoms with Gasteiger partial charge in [0, 0.05) is 24.2 Å². The number of rotatable bonds is 12. The van der Waals surface area contributed by atoms with Crippen LogP contribution in [0.3, 0.4) is 0 Å². The molecule has 0 bridgehead atoms. The lowest BCUT2D eigenvalue weighted by Crippen LogP contribution is -2.69. The molecule has 1 aliphatic heterocycles. The molecule has 1 saturated heterocycles. The van der Waals surface area contributed by atoms with Crippen LogP contribution in [0.5, 0.6) is 0 Å². The van der Waals surface area contributed by atoms with Gasteiger partial charge in [-0.2, -0.15) is 0 Å². The molecule has 9 heteroatoms. The molecule has 1 heterocycles. The van der Waals surface area contributed by atoms with Gasteiger partial charge in [0.2, 0.25) is 5.91 Å². The Morgan fingerprint density at radius 2 is 1.43 bits per heavy atom. The third-order valence-electron chi connectivity index (χ3n) is 18.3. The summed E-state index contributed by atoms with van der Waals surface area (Å²) in [6, 6.07) is 0. The number of aliphatic carboxylic acids is 1. The predicted molar refractivity (Wildman–Crippen MR) is 228 cm³/mol. The van der Waals surface area contributed by atoms with Crippen molar-refractivity contribution >= 4 is 29.5 Å². The van der Waals surface area contributed by atoms with Gasteiger partial charge in [-0.1, -0.05) is 54.4 Å². The van der Waals surface area contributed by atoms with Crippen molar-refractivity contribution in [2.45, 2.75) is 197 Å². The largest absolute Gasteiger partial charge is 0.481 e. The van der Waals surface area contributed by atoms with E-state index in [4.69, 9.17) is 14.5 Å². The molecule has 6 fully saturated rings. The van der Waals surface area contributed by atoms with Gasteiger partial charge in [0.25, 0.3) is 0 Å². The molecule has 0 radical (unpaired) electrons. The van der Waals surface area contributed by atoms with Gasteiger partial charge in [0.15, 0.2) is 0 Å². The molecule has 1 N–H and O–H groups in total. The Balaban J connectivity index is 1.29. The summed E-state index contributed by atoms with van der Waals surface area (Å²) in [7, 11) is 0. The third kappa shape index (κ3) is 7.28. The number of hydrogen-bond acceptors (Lipinski definition) is 7. The molecule has 5 aliphatic carbocycles. The molecule has 0 aromatic carbocycles. The van der Waals surface area contributed by atoms with E-state index in [0.29, 0.717) is 62.1 Å². The second kappa shape index (κ2) is 16.1. The molecule has 10 unspecified atom stereocenters. The van der Waals surface area contributed by atoms with E-state index in [-0.39, 0.29) is 46.2 Å². The smallest absolute Gasteiger partial charge is 0.312 e. The molecule has 0 aromatic heterocycles. The van der Waals surface area contributed by atoms with Crippen molar-refractivity contribution < 1.29 is 33.8 Å². The summed E-state index contributed by atoms with van der Waals surface area (Å²) < 4.78 is 12.0. The van der Waals surface area contributed by atoms with Crippen LogP contribution in [-0.4, -0.2) is 70.9 Å². The highest BCUT2D eigenvalue weighted by Crippen LogP contribution is 2.75. The van der Waals surface area contributed by atoms with Crippen molar-refractivity contribution in [1.82, 2.24) is 4.90 Å². The van der Waals surface area contributed by atoms with E-state index >= 15 is 4.79 Å². The highest BCUT2D eigenvalue weighted by molar-refractivity contribution is 5.85. The summed E-state index contributed by atoms with van der Waals surface area (Å²) >= 11 is 0. The summed E-state index contributed by atoms with van der Waals surface area (Å²) in [5, 5.41) is 9.78. The van der Waals surface area contributed by atoms with Gasteiger partial charge in [-0.15, -0.1) is 0 Å². The van der Waals surface area contributed by atoms with Crippen molar-refractivity contribution in [2.75, 3.05) is 19.7 Å². The number of nitrogens with zero attached hydrogens (tertiary/aromatic N) is 2. The number of piperidine rings is 1. The van der Waals surface area contributed by atoms with E-state index in [9.17, 15) is 19.5 Å². The highest BCUT2D eigenvalue weighted by atomic mass is 16.5. The van der Waals surface area contributed by atoms with Gasteiger partial charge in [0.1, 0.15) is 6.10 Å². The first kappa shape index (κ1) is 45.1. The number of esters is 2. The Labute approximate surface area is 351 Å². The maximum Gasteiger partial charge on any atom is 0.312 e. The quantitative estimate of drug-likeness (QED) is 0.154. The average molecular weight is 809 g/mol. The normalized spacial score (nSPS) is 39.4. The lowest BCUT2D eigenvalue weighted by atomic mass is 9.34. The molecule has 328 valence electrons. The third-order valence-corrected chi connectivity index (χ3v) is 18.3. The minimum absolute atomic E-state index is 0.0671. The minimum Gasteiger partial charge on any atom is -0.481 e. The van der Waals surface area contributed by atoms with Crippen LogP contribution in [0.25, 0.3) is 0 Å². The van der Waals surface area contributed by atoms with Gasteiger partial charge >= 0.3 is 17.9 Å². The molecule has 6 aliphatic rings. The Kier molecular flexibility index (Phi) is 12.5. The van der Waals surface area contributed by atoms with Crippen LogP contribution >= 0.6 is 0 Å². The first-order valence-electron chi connectivity index (χ1n) is 23.5. The number of amides is 1. The molecule has 10 atom stereocenters. The molecule has 1 amide bonds. The summed E-state index contributed by atoms with van der Waals surface area (Å²) in [6.45, 7) is 25.3. The minimum atomic E-state index is -1.17. The van der Waals surface area contributed by atoms with Crippen molar-refractivity contribution in [3.05, 3.63) is 0 Å². The lowest BCUT2D eigenvalue weighted by molar-refractivity contribution is -0.231.